The van der Waals surface area contributed by atoms with Crippen LogP contribution in [0.5, 0.6) is 0 Å². The predicted octanol–water partition coefficient (Wildman–Crippen LogP) is 4.58. The van der Waals surface area contributed by atoms with E-state index in [-0.39, 0.29) is 0 Å². The Morgan fingerprint density at radius 3 is 2.93 bits per heavy atom. The van der Waals surface area contributed by atoms with E-state index in [0.29, 0.717) is 0 Å². The zero-order valence-electron chi connectivity index (χ0n) is 8.52. The second-order valence-electron chi connectivity index (χ2n) is 3.89. The lowest BCUT2D eigenvalue weighted by Crippen LogP contribution is -1.86. The van der Waals surface area contributed by atoms with E-state index < -0.39 is 0 Å². The van der Waals surface area contributed by atoms with Gasteiger partial charge in [0, 0.05) is 4.47 Å². The molecule has 1 aliphatic rings. The molecule has 1 aromatic rings. The molecule has 0 saturated heterocycles. The minimum Gasteiger partial charge on any atom is -0.0654 e. The normalized spacial score (nSPS) is 14.0. The van der Waals surface area contributed by atoms with Crippen molar-refractivity contribution >= 4 is 22.0 Å². The fourth-order valence-electron chi connectivity index (χ4n) is 1.96. The molecule has 0 bridgehead atoms. The summed E-state index contributed by atoms with van der Waals surface area (Å²) in [4.78, 5) is 0. The number of fused-ring (bicyclic) bond motifs is 1. The van der Waals surface area contributed by atoms with Crippen molar-refractivity contribution in [2.75, 3.05) is 0 Å². The van der Waals surface area contributed by atoms with Gasteiger partial charge in [0.2, 0.25) is 0 Å². The maximum atomic E-state index is 3.61. The average Bonchev–Trinajstić information content (AvgIpc) is 2.59. The minimum atomic E-state index is 1.15. The SMILES string of the molecule is CCCCC1=Cc2cccc(Br)c2C1. The number of hydrogen-bond donors (Lipinski definition) is 0. The summed E-state index contributed by atoms with van der Waals surface area (Å²) in [6.07, 6.45) is 7.37. The maximum Gasteiger partial charge on any atom is 0.0216 e. The van der Waals surface area contributed by atoms with Gasteiger partial charge in [0.1, 0.15) is 0 Å². The third kappa shape index (κ3) is 1.93. The van der Waals surface area contributed by atoms with Crippen molar-refractivity contribution in [1.29, 1.82) is 0 Å². The molecule has 0 radical (unpaired) electrons. The van der Waals surface area contributed by atoms with Crippen LogP contribution >= 0.6 is 15.9 Å². The first-order valence-corrected chi connectivity index (χ1v) is 6.07. The highest BCUT2D eigenvalue weighted by molar-refractivity contribution is 9.10. The molecule has 0 spiro atoms. The zero-order valence-corrected chi connectivity index (χ0v) is 10.1. The lowest BCUT2D eigenvalue weighted by molar-refractivity contribution is 0.779. The molecule has 0 fully saturated rings. The topological polar surface area (TPSA) is 0 Å². The van der Waals surface area contributed by atoms with Gasteiger partial charge in [-0.05, 0) is 36.5 Å². The molecule has 74 valence electrons. The van der Waals surface area contributed by atoms with Gasteiger partial charge in [0.15, 0.2) is 0 Å². The van der Waals surface area contributed by atoms with E-state index in [9.17, 15) is 0 Å². The highest BCUT2D eigenvalue weighted by Crippen LogP contribution is 2.32. The summed E-state index contributed by atoms with van der Waals surface area (Å²) in [6, 6.07) is 6.46. The van der Waals surface area contributed by atoms with Crippen molar-refractivity contribution in [1.82, 2.24) is 0 Å². The molecule has 0 N–H and O–H groups in total. The van der Waals surface area contributed by atoms with E-state index in [1.54, 1.807) is 5.57 Å². The maximum absolute atomic E-state index is 3.61. The summed E-state index contributed by atoms with van der Waals surface area (Å²) in [7, 11) is 0. The van der Waals surface area contributed by atoms with Crippen LogP contribution < -0.4 is 0 Å². The molecule has 0 aromatic heterocycles. The lowest BCUT2D eigenvalue weighted by atomic mass is 10.1. The van der Waals surface area contributed by atoms with E-state index in [2.05, 4.69) is 47.1 Å². The Kier molecular flexibility index (Phi) is 3.07. The lowest BCUT2D eigenvalue weighted by Gasteiger charge is -2.02. The Bertz CT molecular complexity index is 363. The second-order valence-corrected chi connectivity index (χ2v) is 4.74. The molecule has 0 heterocycles. The largest absolute Gasteiger partial charge is 0.0654 e. The van der Waals surface area contributed by atoms with Gasteiger partial charge < -0.3 is 0 Å². The molecule has 1 heteroatoms. The summed E-state index contributed by atoms with van der Waals surface area (Å²) in [5, 5.41) is 0. The Balaban J connectivity index is 2.15. The summed E-state index contributed by atoms with van der Waals surface area (Å²) >= 11 is 3.61. The first kappa shape index (κ1) is 9.97. The van der Waals surface area contributed by atoms with Crippen LogP contribution in [0.3, 0.4) is 0 Å². The van der Waals surface area contributed by atoms with Crippen molar-refractivity contribution in [2.45, 2.75) is 32.6 Å². The van der Waals surface area contributed by atoms with E-state index >= 15 is 0 Å². The fraction of sp³-hybridized carbons (Fsp3) is 0.385. The second kappa shape index (κ2) is 4.31. The van der Waals surface area contributed by atoms with Crippen molar-refractivity contribution in [3.05, 3.63) is 39.4 Å². The number of halogens is 1. The van der Waals surface area contributed by atoms with Crippen molar-refractivity contribution in [3.63, 3.8) is 0 Å². The van der Waals surface area contributed by atoms with Crippen LogP contribution in [0.25, 0.3) is 6.08 Å². The molecule has 1 aromatic carbocycles. The smallest absolute Gasteiger partial charge is 0.0216 e. The zero-order chi connectivity index (χ0) is 9.97. The predicted molar refractivity (Wildman–Crippen MR) is 65.3 cm³/mol. The third-order valence-corrected chi connectivity index (χ3v) is 3.51. The van der Waals surface area contributed by atoms with Crippen LogP contribution in [-0.4, -0.2) is 0 Å². The number of hydrogen-bond acceptors (Lipinski definition) is 0. The fourth-order valence-corrected chi connectivity index (χ4v) is 2.48. The van der Waals surface area contributed by atoms with Gasteiger partial charge in [-0.15, -0.1) is 0 Å². The van der Waals surface area contributed by atoms with Crippen LogP contribution in [-0.2, 0) is 6.42 Å². The quantitative estimate of drug-likeness (QED) is 0.737. The average molecular weight is 251 g/mol. The van der Waals surface area contributed by atoms with Gasteiger partial charge in [-0.25, -0.2) is 0 Å². The van der Waals surface area contributed by atoms with Crippen LogP contribution in [0.15, 0.2) is 28.2 Å². The van der Waals surface area contributed by atoms with E-state index in [4.69, 9.17) is 0 Å². The monoisotopic (exact) mass is 250 g/mol. The van der Waals surface area contributed by atoms with Gasteiger partial charge in [-0.3, -0.25) is 0 Å². The van der Waals surface area contributed by atoms with Gasteiger partial charge in [-0.2, -0.15) is 0 Å². The molecule has 0 saturated carbocycles. The number of unbranched alkanes of at least 4 members (excludes halogenated alkanes) is 1. The first-order valence-electron chi connectivity index (χ1n) is 5.28. The molecule has 1 aliphatic carbocycles. The van der Waals surface area contributed by atoms with Crippen LogP contribution in [0.4, 0.5) is 0 Å². The van der Waals surface area contributed by atoms with Gasteiger partial charge in [-0.1, -0.05) is 53.1 Å². The summed E-state index contributed by atoms with van der Waals surface area (Å²) < 4.78 is 1.26. The highest BCUT2D eigenvalue weighted by atomic mass is 79.9. The molecule has 2 rings (SSSR count). The molecule has 14 heavy (non-hydrogen) atoms. The number of benzene rings is 1. The van der Waals surface area contributed by atoms with Crippen molar-refractivity contribution < 1.29 is 0 Å². The highest BCUT2D eigenvalue weighted by Gasteiger charge is 2.13. The molecule has 0 nitrogen and oxygen atoms in total. The van der Waals surface area contributed by atoms with Crippen LogP contribution in [0, 0.1) is 0 Å². The Labute approximate surface area is 94.2 Å². The molecule has 0 atom stereocenters. The Hall–Kier alpha value is -0.560. The van der Waals surface area contributed by atoms with Gasteiger partial charge >= 0.3 is 0 Å². The molecule has 0 aliphatic heterocycles. The summed E-state index contributed by atoms with van der Waals surface area (Å²) in [5.41, 5.74) is 4.47. The molecule has 0 unspecified atom stereocenters. The Morgan fingerprint density at radius 2 is 2.21 bits per heavy atom. The van der Waals surface area contributed by atoms with Gasteiger partial charge in [0.05, 0.1) is 0 Å². The van der Waals surface area contributed by atoms with Crippen molar-refractivity contribution in [2.24, 2.45) is 0 Å². The minimum absolute atomic E-state index is 1.15. The van der Waals surface area contributed by atoms with Gasteiger partial charge in [0.25, 0.3) is 0 Å². The molecular weight excluding hydrogens is 236 g/mol. The van der Waals surface area contributed by atoms with E-state index in [1.165, 1.54) is 34.9 Å². The first-order chi connectivity index (χ1) is 6.81. The standard InChI is InChI=1S/C13H15Br/c1-2-3-5-10-8-11-6-4-7-13(14)12(11)9-10/h4,6-8H,2-3,5,9H2,1H3. The summed E-state index contributed by atoms with van der Waals surface area (Å²) in [6.45, 7) is 2.25. The van der Waals surface area contributed by atoms with E-state index in [1.807, 2.05) is 0 Å². The Morgan fingerprint density at radius 1 is 1.36 bits per heavy atom. The number of allylic oxidation sites excluding steroid dienone is 1. The molecular formula is C13H15Br. The van der Waals surface area contributed by atoms with E-state index in [0.717, 1.165) is 6.42 Å². The molecule has 0 amide bonds. The van der Waals surface area contributed by atoms with Crippen molar-refractivity contribution in [3.8, 4) is 0 Å². The summed E-state index contributed by atoms with van der Waals surface area (Å²) in [5.74, 6) is 0. The number of rotatable bonds is 3. The third-order valence-electron chi connectivity index (χ3n) is 2.77. The van der Waals surface area contributed by atoms with Crippen LogP contribution in [0.2, 0.25) is 0 Å². The van der Waals surface area contributed by atoms with Crippen LogP contribution in [0.1, 0.15) is 37.3 Å².